The monoisotopic (exact) mass is 323 g/mol. The minimum Gasteiger partial charge on any atom is -0.348 e. The van der Waals surface area contributed by atoms with Crippen molar-refractivity contribution in [2.75, 3.05) is 26.1 Å². The third-order valence-corrected chi connectivity index (χ3v) is 3.55. The summed E-state index contributed by atoms with van der Waals surface area (Å²) in [4.78, 5) is 12.2. The lowest BCUT2D eigenvalue weighted by Gasteiger charge is -2.44. The Hall–Kier alpha value is -0.700. The SMILES string of the molecule is CC1(C)OCC(COS(C)(=O)=O)(NC(=O)C(C)(C)C)CO1. The number of carbonyl (C=O) groups is 1. The Labute approximate surface area is 126 Å². The van der Waals surface area contributed by atoms with Gasteiger partial charge in [-0.05, 0) is 13.8 Å². The van der Waals surface area contributed by atoms with Crippen molar-refractivity contribution in [2.45, 2.75) is 45.9 Å². The van der Waals surface area contributed by atoms with Crippen molar-refractivity contribution in [3.63, 3.8) is 0 Å². The van der Waals surface area contributed by atoms with Crippen molar-refractivity contribution in [1.29, 1.82) is 0 Å². The summed E-state index contributed by atoms with van der Waals surface area (Å²) in [5.41, 5.74) is -1.64. The Morgan fingerprint density at radius 1 is 1.24 bits per heavy atom. The lowest BCUT2D eigenvalue weighted by molar-refractivity contribution is -0.273. The summed E-state index contributed by atoms with van der Waals surface area (Å²) < 4.78 is 38.4. The quantitative estimate of drug-likeness (QED) is 0.764. The Morgan fingerprint density at radius 2 is 1.71 bits per heavy atom. The second kappa shape index (κ2) is 5.83. The summed E-state index contributed by atoms with van der Waals surface area (Å²) in [7, 11) is -3.62. The normalized spacial score (nSPS) is 21.8. The van der Waals surface area contributed by atoms with Gasteiger partial charge in [-0.25, -0.2) is 0 Å². The van der Waals surface area contributed by atoms with Crippen LogP contribution in [0.5, 0.6) is 0 Å². The van der Waals surface area contributed by atoms with E-state index >= 15 is 0 Å². The van der Waals surface area contributed by atoms with Gasteiger partial charge < -0.3 is 14.8 Å². The highest BCUT2D eigenvalue weighted by atomic mass is 32.2. The zero-order valence-corrected chi connectivity index (χ0v) is 14.3. The molecule has 8 heteroatoms. The van der Waals surface area contributed by atoms with Gasteiger partial charge in [-0.3, -0.25) is 8.98 Å². The van der Waals surface area contributed by atoms with Gasteiger partial charge in [0.05, 0.1) is 26.1 Å². The van der Waals surface area contributed by atoms with Crippen LogP contribution in [0, 0.1) is 5.41 Å². The van der Waals surface area contributed by atoms with Gasteiger partial charge in [-0.1, -0.05) is 20.8 Å². The van der Waals surface area contributed by atoms with Crippen molar-refractivity contribution >= 4 is 16.0 Å². The molecule has 0 spiro atoms. The average molecular weight is 323 g/mol. The molecule has 0 aromatic rings. The second-order valence-electron chi connectivity index (χ2n) is 6.93. The van der Waals surface area contributed by atoms with Crippen LogP contribution in [0.4, 0.5) is 0 Å². The molecule has 0 atom stereocenters. The molecule has 1 aliphatic heterocycles. The highest BCUT2D eigenvalue weighted by Gasteiger charge is 2.43. The van der Waals surface area contributed by atoms with Crippen LogP contribution < -0.4 is 5.32 Å². The van der Waals surface area contributed by atoms with E-state index in [2.05, 4.69) is 5.32 Å². The first kappa shape index (κ1) is 18.3. The van der Waals surface area contributed by atoms with E-state index in [1.54, 1.807) is 34.6 Å². The maximum Gasteiger partial charge on any atom is 0.264 e. The van der Waals surface area contributed by atoms with Crippen molar-refractivity contribution in [3.8, 4) is 0 Å². The molecule has 0 aromatic heterocycles. The minimum atomic E-state index is -3.62. The first-order chi connectivity index (χ1) is 9.25. The molecule has 7 nitrogen and oxygen atoms in total. The summed E-state index contributed by atoms with van der Waals surface area (Å²) in [6.45, 7) is 8.78. The van der Waals surface area contributed by atoms with Crippen LogP contribution in [0.2, 0.25) is 0 Å². The summed E-state index contributed by atoms with van der Waals surface area (Å²) in [6.07, 6.45) is 0.959. The molecule has 1 saturated heterocycles. The van der Waals surface area contributed by atoms with E-state index in [9.17, 15) is 13.2 Å². The Balaban J connectivity index is 2.88. The molecular weight excluding hydrogens is 298 g/mol. The molecular formula is C13H25NO6S. The van der Waals surface area contributed by atoms with Crippen molar-refractivity contribution in [3.05, 3.63) is 0 Å². The minimum absolute atomic E-state index is 0.108. The number of carbonyl (C=O) groups excluding carboxylic acids is 1. The van der Waals surface area contributed by atoms with Crippen LogP contribution in [0.25, 0.3) is 0 Å². The fraction of sp³-hybridized carbons (Fsp3) is 0.923. The predicted octanol–water partition coefficient (Wildman–Crippen LogP) is 0.647. The molecule has 0 aliphatic carbocycles. The number of ether oxygens (including phenoxy) is 2. The maximum atomic E-state index is 12.2. The average Bonchev–Trinajstić information content (AvgIpc) is 2.28. The summed E-state index contributed by atoms with van der Waals surface area (Å²) in [5.74, 6) is -1.01. The van der Waals surface area contributed by atoms with Gasteiger partial charge in [-0.15, -0.1) is 0 Å². The van der Waals surface area contributed by atoms with Crippen LogP contribution in [0.1, 0.15) is 34.6 Å². The van der Waals surface area contributed by atoms with Gasteiger partial charge in [0, 0.05) is 5.41 Å². The van der Waals surface area contributed by atoms with E-state index in [1.165, 1.54) is 0 Å². The molecule has 1 amide bonds. The molecule has 21 heavy (non-hydrogen) atoms. The standard InChI is InChI=1S/C13H25NO6S/c1-11(2,3)10(15)14-13(9-20-21(6,16)17)7-18-12(4,5)19-8-13/h7-9H2,1-6H3,(H,14,15). The number of amides is 1. The van der Waals surface area contributed by atoms with E-state index in [-0.39, 0.29) is 25.7 Å². The largest absolute Gasteiger partial charge is 0.348 e. The van der Waals surface area contributed by atoms with E-state index in [0.717, 1.165) is 6.26 Å². The molecule has 0 radical (unpaired) electrons. The molecule has 1 aliphatic rings. The van der Waals surface area contributed by atoms with E-state index in [4.69, 9.17) is 13.7 Å². The Kier molecular flexibility index (Phi) is 5.09. The number of hydrogen-bond acceptors (Lipinski definition) is 6. The Morgan fingerprint density at radius 3 is 2.10 bits per heavy atom. The van der Waals surface area contributed by atoms with Crippen molar-refractivity contribution in [1.82, 2.24) is 5.32 Å². The molecule has 124 valence electrons. The van der Waals surface area contributed by atoms with Crippen LogP contribution in [-0.4, -0.2) is 51.7 Å². The molecule has 0 unspecified atom stereocenters. The highest BCUT2D eigenvalue weighted by molar-refractivity contribution is 7.85. The zero-order valence-electron chi connectivity index (χ0n) is 13.5. The van der Waals surface area contributed by atoms with Gasteiger partial charge in [0.1, 0.15) is 5.54 Å². The van der Waals surface area contributed by atoms with Crippen molar-refractivity contribution in [2.24, 2.45) is 5.41 Å². The van der Waals surface area contributed by atoms with Gasteiger partial charge in [0.2, 0.25) is 5.91 Å². The molecule has 1 N–H and O–H groups in total. The van der Waals surface area contributed by atoms with Crippen LogP contribution in [0.15, 0.2) is 0 Å². The molecule has 1 heterocycles. The van der Waals surface area contributed by atoms with Crippen LogP contribution in [0.3, 0.4) is 0 Å². The fourth-order valence-electron chi connectivity index (χ4n) is 1.55. The van der Waals surface area contributed by atoms with Crippen LogP contribution in [-0.2, 0) is 28.6 Å². The van der Waals surface area contributed by atoms with Gasteiger partial charge in [-0.2, -0.15) is 8.42 Å². The molecule has 0 aromatic carbocycles. The second-order valence-corrected chi connectivity index (χ2v) is 8.57. The predicted molar refractivity (Wildman–Crippen MR) is 77.1 cm³/mol. The smallest absolute Gasteiger partial charge is 0.264 e. The number of hydrogen-bond donors (Lipinski definition) is 1. The number of nitrogens with one attached hydrogen (secondary N) is 1. The molecule has 1 rings (SSSR count). The Bertz CT molecular complexity index is 481. The first-order valence-corrected chi connectivity index (χ1v) is 8.51. The van der Waals surface area contributed by atoms with Gasteiger partial charge >= 0.3 is 0 Å². The van der Waals surface area contributed by atoms with E-state index in [0.29, 0.717) is 0 Å². The highest BCUT2D eigenvalue weighted by Crippen LogP contribution is 2.26. The molecule has 1 fully saturated rings. The maximum absolute atomic E-state index is 12.2. The lowest BCUT2D eigenvalue weighted by Crippen LogP contribution is -2.65. The lowest BCUT2D eigenvalue weighted by atomic mass is 9.92. The van der Waals surface area contributed by atoms with E-state index < -0.39 is 26.9 Å². The van der Waals surface area contributed by atoms with E-state index in [1.807, 2.05) is 0 Å². The molecule has 0 bridgehead atoms. The van der Waals surface area contributed by atoms with Gasteiger partial charge in [0.25, 0.3) is 10.1 Å². The third-order valence-electron chi connectivity index (χ3n) is 3.00. The van der Waals surface area contributed by atoms with Crippen LogP contribution >= 0.6 is 0 Å². The summed E-state index contributed by atoms with van der Waals surface area (Å²) in [6, 6.07) is 0. The summed E-state index contributed by atoms with van der Waals surface area (Å²) >= 11 is 0. The zero-order chi connectivity index (χ0) is 16.5. The summed E-state index contributed by atoms with van der Waals surface area (Å²) in [5, 5.41) is 2.80. The first-order valence-electron chi connectivity index (χ1n) is 6.70. The molecule has 0 saturated carbocycles. The van der Waals surface area contributed by atoms with Crippen molar-refractivity contribution < 1.29 is 26.9 Å². The third kappa shape index (κ3) is 5.90. The topological polar surface area (TPSA) is 90.9 Å². The van der Waals surface area contributed by atoms with Gasteiger partial charge in [0.15, 0.2) is 5.79 Å². The number of rotatable bonds is 4. The fourth-order valence-corrected chi connectivity index (χ4v) is 1.99.